The lowest BCUT2D eigenvalue weighted by molar-refractivity contribution is 0.0513. The SMILES string of the molecule is CC(C)(C)Cn1ncc2c(C(=O)N(C3CC3)C3CCc4nn(C(=O)OC(C)(C)C)cc4C3)cccc21. The molecule has 2 aromatic heterocycles. The zero-order valence-corrected chi connectivity index (χ0v) is 22.2. The topological polar surface area (TPSA) is 82.3 Å². The number of benzene rings is 1. The van der Waals surface area contributed by atoms with E-state index in [9.17, 15) is 9.59 Å². The first-order valence-corrected chi connectivity index (χ1v) is 13.0. The first-order valence-electron chi connectivity index (χ1n) is 13.0. The largest absolute Gasteiger partial charge is 0.442 e. The van der Waals surface area contributed by atoms with Gasteiger partial charge in [0, 0.05) is 30.2 Å². The van der Waals surface area contributed by atoms with E-state index in [1.807, 2.05) is 49.8 Å². The molecule has 0 bridgehead atoms. The Morgan fingerprint density at radius 2 is 1.83 bits per heavy atom. The van der Waals surface area contributed by atoms with Gasteiger partial charge >= 0.3 is 6.09 Å². The minimum absolute atomic E-state index is 0.0754. The van der Waals surface area contributed by atoms with Crippen molar-refractivity contribution in [2.24, 2.45) is 5.41 Å². The summed E-state index contributed by atoms with van der Waals surface area (Å²) in [7, 11) is 0. The van der Waals surface area contributed by atoms with E-state index in [2.05, 4.69) is 35.9 Å². The van der Waals surface area contributed by atoms with Gasteiger partial charge in [-0.1, -0.05) is 26.8 Å². The number of aryl methyl sites for hydroxylation is 1. The van der Waals surface area contributed by atoms with E-state index in [4.69, 9.17) is 4.74 Å². The molecule has 192 valence electrons. The molecule has 0 radical (unpaired) electrons. The minimum Gasteiger partial charge on any atom is -0.442 e. The molecule has 0 N–H and O–H groups in total. The van der Waals surface area contributed by atoms with Crippen LogP contribution in [0.25, 0.3) is 10.9 Å². The van der Waals surface area contributed by atoms with Crippen LogP contribution in [-0.4, -0.2) is 54.1 Å². The molecule has 0 spiro atoms. The van der Waals surface area contributed by atoms with Gasteiger partial charge in [0.2, 0.25) is 0 Å². The normalized spacial score (nSPS) is 18.2. The Morgan fingerprint density at radius 1 is 1.08 bits per heavy atom. The first-order chi connectivity index (χ1) is 16.9. The monoisotopic (exact) mass is 491 g/mol. The molecule has 8 heteroatoms. The number of hydrogen-bond acceptors (Lipinski definition) is 5. The Labute approximate surface area is 212 Å². The average Bonchev–Trinajstić information content (AvgIpc) is 3.37. The molecule has 2 heterocycles. The molecular formula is C28H37N5O3. The van der Waals surface area contributed by atoms with Gasteiger partial charge in [-0.3, -0.25) is 9.48 Å². The van der Waals surface area contributed by atoms with Crippen molar-refractivity contribution >= 4 is 22.9 Å². The van der Waals surface area contributed by atoms with Gasteiger partial charge in [-0.25, -0.2) is 4.79 Å². The Morgan fingerprint density at radius 3 is 2.50 bits per heavy atom. The van der Waals surface area contributed by atoms with Crippen molar-refractivity contribution in [2.75, 3.05) is 0 Å². The summed E-state index contributed by atoms with van der Waals surface area (Å²) in [6.45, 7) is 12.9. The summed E-state index contributed by atoms with van der Waals surface area (Å²) in [6.07, 6.45) is 7.48. The molecule has 1 aromatic carbocycles. The molecule has 5 rings (SSSR count). The third kappa shape index (κ3) is 5.04. The summed E-state index contributed by atoms with van der Waals surface area (Å²) in [5, 5.41) is 10.0. The molecule has 2 aliphatic rings. The van der Waals surface area contributed by atoms with Crippen LogP contribution in [-0.2, 0) is 24.1 Å². The predicted octanol–water partition coefficient (Wildman–Crippen LogP) is 5.22. The molecule has 8 nitrogen and oxygen atoms in total. The van der Waals surface area contributed by atoms with E-state index in [0.717, 1.165) is 60.0 Å². The number of fused-ring (bicyclic) bond motifs is 2. The molecule has 1 amide bonds. The lowest BCUT2D eigenvalue weighted by atomic mass is 9.91. The van der Waals surface area contributed by atoms with Gasteiger partial charge in [-0.05, 0) is 76.0 Å². The lowest BCUT2D eigenvalue weighted by Gasteiger charge is -2.34. The van der Waals surface area contributed by atoms with Gasteiger partial charge in [0.25, 0.3) is 5.91 Å². The number of hydrogen-bond donors (Lipinski definition) is 0. The van der Waals surface area contributed by atoms with Crippen molar-refractivity contribution in [1.82, 2.24) is 24.5 Å². The third-order valence-electron chi connectivity index (χ3n) is 6.74. The van der Waals surface area contributed by atoms with E-state index in [-0.39, 0.29) is 23.4 Å². The summed E-state index contributed by atoms with van der Waals surface area (Å²) in [4.78, 5) is 28.6. The molecule has 1 unspecified atom stereocenters. The number of ether oxygens (including phenoxy) is 1. The van der Waals surface area contributed by atoms with Crippen LogP contribution in [0.15, 0.2) is 30.6 Å². The van der Waals surface area contributed by atoms with Crippen molar-refractivity contribution in [1.29, 1.82) is 0 Å². The van der Waals surface area contributed by atoms with E-state index in [0.29, 0.717) is 6.42 Å². The Balaban J connectivity index is 1.40. The summed E-state index contributed by atoms with van der Waals surface area (Å²) >= 11 is 0. The van der Waals surface area contributed by atoms with Gasteiger partial charge in [0.1, 0.15) is 5.60 Å². The number of carbonyl (C=O) groups excluding carboxylic acids is 2. The zero-order chi connectivity index (χ0) is 25.8. The molecule has 2 aliphatic carbocycles. The van der Waals surface area contributed by atoms with Gasteiger partial charge in [0.05, 0.1) is 23.0 Å². The molecule has 1 fully saturated rings. The van der Waals surface area contributed by atoms with Crippen LogP contribution in [0, 0.1) is 5.41 Å². The predicted molar refractivity (Wildman–Crippen MR) is 138 cm³/mol. The van der Waals surface area contributed by atoms with Crippen LogP contribution in [0.5, 0.6) is 0 Å². The lowest BCUT2D eigenvalue weighted by Crippen LogP contribution is -2.44. The second-order valence-corrected chi connectivity index (χ2v) is 12.5. The fourth-order valence-corrected chi connectivity index (χ4v) is 5.11. The standard InChI is InChI=1S/C28H37N5O3/c1-27(2,3)17-32-24-9-7-8-21(22(24)15-29-32)25(34)33(19-10-11-19)20-12-13-23-18(14-20)16-31(30-23)26(35)36-28(4,5)6/h7-9,15-16,19-20H,10-14,17H2,1-6H3. The molecule has 0 aliphatic heterocycles. The molecule has 36 heavy (non-hydrogen) atoms. The zero-order valence-electron chi connectivity index (χ0n) is 22.2. The minimum atomic E-state index is -0.580. The highest BCUT2D eigenvalue weighted by molar-refractivity contribution is 6.06. The highest BCUT2D eigenvalue weighted by atomic mass is 16.6. The summed E-state index contributed by atoms with van der Waals surface area (Å²) in [5.74, 6) is 0.0754. The van der Waals surface area contributed by atoms with Crippen molar-refractivity contribution in [2.45, 2.75) is 97.9 Å². The van der Waals surface area contributed by atoms with Gasteiger partial charge in [-0.15, -0.1) is 0 Å². The quantitative estimate of drug-likeness (QED) is 0.499. The second kappa shape index (κ2) is 8.75. The van der Waals surface area contributed by atoms with E-state index in [1.54, 1.807) is 6.20 Å². The second-order valence-electron chi connectivity index (χ2n) is 12.5. The van der Waals surface area contributed by atoms with E-state index < -0.39 is 11.7 Å². The molecule has 0 saturated heterocycles. The van der Waals surface area contributed by atoms with Crippen molar-refractivity contribution < 1.29 is 14.3 Å². The van der Waals surface area contributed by atoms with Crippen LogP contribution in [0.4, 0.5) is 4.79 Å². The fraction of sp³-hybridized carbons (Fsp3) is 0.571. The number of nitrogens with zero attached hydrogens (tertiary/aromatic N) is 5. The van der Waals surface area contributed by atoms with E-state index in [1.165, 1.54) is 4.68 Å². The number of rotatable bonds is 4. The van der Waals surface area contributed by atoms with Crippen LogP contribution in [0.3, 0.4) is 0 Å². The Hall–Kier alpha value is -3.16. The Bertz CT molecular complexity index is 1300. The van der Waals surface area contributed by atoms with Gasteiger partial charge in [0.15, 0.2) is 0 Å². The summed E-state index contributed by atoms with van der Waals surface area (Å²) in [5.41, 5.74) is 3.16. The van der Waals surface area contributed by atoms with E-state index >= 15 is 0 Å². The molecular weight excluding hydrogens is 454 g/mol. The maximum absolute atomic E-state index is 14.0. The molecule has 1 saturated carbocycles. The van der Waals surface area contributed by atoms with Gasteiger partial charge < -0.3 is 9.64 Å². The van der Waals surface area contributed by atoms with Gasteiger partial charge in [-0.2, -0.15) is 14.9 Å². The summed E-state index contributed by atoms with van der Waals surface area (Å²) < 4.78 is 8.80. The summed E-state index contributed by atoms with van der Waals surface area (Å²) in [6, 6.07) is 6.28. The third-order valence-corrected chi connectivity index (χ3v) is 6.74. The maximum Gasteiger partial charge on any atom is 0.435 e. The number of amides is 1. The van der Waals surface area contributed by atoms with Crippen molar-refractivity contribution in [3.63, 3.8) is 0 Å². The number of carbonyl (C=O) groups is 2. The van der Waals surface area contributed by atoms with Crippen molar-refractivity contribution in [3.8, 4) is 0 Å². The number of aromatic nitrogens is 4. The first kappa shape index (κ1) is 24.5. The van der Waals surface area contributed by atoms with Crippen LogP contribution >= 0.6 is 0 Å². The fourth-order valence-electron chi connectivity index (χ4n) is 5.11. The van der Waals surface area contributed by atoms with Crippen LogP contribution in [0.2, 0.25) is 0 Å². The van der Waals surface area contributed by atoms with Crippen molar-refractivity contribution in [3.05, 3.63) is 47.4 Å². The maximum atomic E-state index is 14.0. The highest BCUT2D eigenvalue weighted by Crippen LogP contribution is 2.36. The highest BCUT2D eigenvalue weighted by Gasteiger charge is 2.40. The van der Waals surface area contributed by atoms with Crippen LogP contribution < -0.4 is 0 Å². The smallest absolute Gasteiger partial charge is 0.435 e. The average molecular weight is 492 g/mol. The molecule has 1 atom stereocenters. The molecule has 3 aromatic rings. The Kier molecular flexibility index (Phi) is 5.96. The van der Waals surface area contributed by atoms with Crippen LogP contribution in [0.1, 0.15) is 82.4 Å².